The number of aliphatic hydroxyl groups is 9. The Hall–Kier alpha value is -2.68. The smallest absolute Gasteiger partial charge is 0.239 e. The van der Waals surface area contributed by atoms with E-state index in [1.54, 1.807) is 7.11 Å². The maximum atomic E-state index is 12.8. The molecule has 0 aliphatic carbocycles. The van der Waals surface area contributed by atoms with Crippen molar-refractivity contribution in [2.75, 3.05) is 66.4 Å². The van der Waals surface area contributed by atoms with Gasteiger partial charge in [0.2, 0.25) is 23.6 Å². The molecule has 4 amide bonds. The van der Waals surface area contributed by atoms with Crippen LogP contribution in [0.3, 0.4) is 0 Å². The van der Waals surface area contributed by atoms with E-state index in [1.165, 1.54) is 0 Å². The average molecular weight is 871 g/mol. The molecule has 2 aliphatic heterocycles. The second kappa shape index (κ2) is 30.4. The molecule has 13 N–H and O–H groups in total. The molecule has 60 heavy (non-hydrogen) atoms. The van der Waals surface area contributed by atoms with Gasteiger partial charge in [0.05, 0.1) is 26.4 Å². The average Bonchev–Trinajstić information content (AvgIpc) is 3.23. The normalized spacial score (nSPS) is 27.8. The summed E-state index contributed by atoms with van der Waals surface area (Å²) in [4.78, 5) is 50.7. The second-order valence-corrected chi connectivity index (χ2v) is 15.1. The molecule has 2 saturated heterocycles. The maximum Gasteiger partial charge on any atom is 0.239 e. The van der Waals surface area contributed by atoms with Gasteiger partial charge in [-0.2, -0.15) is 0 Å². The van der Waals surface area contributed by atoms with Gasteiger partial charge >= 0.3 is 0 Å². The Morgan fingerprint density at radius 1 is 0.583 bits per heavy atom. The summed E-state index contributed by atoms with van der Waals surface area (Å²) in [5.74, 6) is -1.62. The van der Waals surface area contributed by atoms with Crippen LogP contribution in [0.15, 0.2) is 0 Å². The molecule has 22 nitrogen and oxygen atoms in total. The number of carbonyl (C=O) groups excluding carboxylic acids is 4. The van der Waals surface area contributed by atoms with Crippen LogP contribution < -0.4 is 21.3 Å². The Morgan fingerprint density at radius 3 is 1.67 bits per heavy atom. The van der Waals surface area contributed by atoms with E-state index in [9.17, 15) is 65.1 Å². The van der Waals surface area contributed by atoms with Gasteiger partial charge in [0, 0.05) is 71.2 Å². The van der Waals surface area contributed by atoms with Crippen LogP contribution in [-0.4, -0.2) is 203 Å². The number of aliphatic hydroxyl groups excluding tert-OH is 9. The number of ether oxygens (including phenoxy) is 5. The fourth-order valence-electron chi connectivity index (χ4n) is 6.54. The molecular weight excluding hydrogens is 800 g/mol. The summed E-state index contributed by atoms with van der Waals surface area (Å²) in [6.45, 7) is -0.186. The quantitative estimate of drug-likeness (QED) is 0.0292. The van der Waals surface area contributed by atoms with Gasteiger partial charge in [-0.3, -0.25) is 19.2 Å². The standard InChI is InChI=1S/C38H70N4O18/c1-56-22-23(19-43)9-3-6-14-40-29(48)17-24(11-12-28(47)39-13-5-2-7-15-57-37-35(54)33(52)31(50)25(20-44)59-37)42-30(49)18-41-27(46)10-4-8-16-58-38-36(55)34(53)32(51)26(21-45)60-38/h23-26,31-38,43-45,50-55H,2-22H2,1H3,(H,39,47)(H,40,48)(H,41,46)(H,42,49)/t23?,24-,25?,26?,31+,32+,33-,34-,35?,36?,37+,38+/m0/s1. The number of hydrogen-bond donors (Lipinski definition) is 13. The van der Waals surface area contributed by atoms with E-state index in [0.717, 1.165) is 12.8 Å². The molecule has 5 unspecified atom stereocenters. The fraction of sp³-hybridized carbons (Fsp3) is 0.895. The van der Waals surface area contributed by atoms with Gasteiger partial charge in [-0.15, -0.1) is 0 Å². The van der Waals surface area contributed by atoms with Crippen LogP contribution >= 0.6 is 0 Å². The van der Waals surface area contributed by atoms with Crippen molar-refractivity contribution in [1.82, 2.24) is 21.3 Å². The summed E-state index contributed by atoms with van der Waals surface area (Å²) in [6, 6.07) is -0.722. The van der Waals surface area contributed by atoms with Crippen LogP contribution in [0, 0.1) is 5.92 Å². The molecule has 2 heterocycles. The summed E-state index contributed by atoms with van der Waals surface area (Å²) in [5.41, 5.74) is 0. The topological polar surface area (TPSA) is 345 Å². The summed E-state index contributed by atoms with van der Waals surface area (Å²) in [5, 5.41) is 98.5. The van der Waals surface area contributed by atoms with E-state index in [2.05, 4.69) is 21.3 Å². The predicted octanol–water partition coefficient (Wildman–Crippen LogP) is -4.61. The molecule has 0 bridgehead atoms. The maximum absolute atomic E-state index is 12.8. The zero-order valence-electron chi connectivity index (χ0n) is 34.5. The lowest BCUT2D eigenvalue weighted by atomic mass is 9.99. The van der Waals surface area contributed by atoms with Crippen LogP contribution in [0.25, 0.3) is 0 Å². The largest absolute Gasteiger partial charge is 0.396 e. The summed E-state index contributed by atoms with van der Waals surface area (Å²) in [7, 11) is 1.56. The van der Waals surface area contributed by atoms with Gasteiger partial charge in [0.25, 0.3) is 0 Å². The van der Waals surface area contributed by atoms with E-state index in [-0.39, 0.29) is 69.8 Å². The Morgan fingerprint density at radius 2 is 1.12 bits per heavy atom. The van der Waals surface area contributed by atoms with Crippen LogP contribution in [-0.2, 0) is 42.9 Å². The molecule has 0 aromatic heterocycles. The van der Waals surface area contributed by atoms with Gasteiger partial charge in [0.1, 0.15) is 48.8 Å². The lowest BCUT2D eigenvalue weighted by Gasteiger charge is -2.39. The third kappa shape index (κ3) is 20.0. The molecule has 350 valence electrons. The highest BCUT2D eigenvalue weighted by Gasteiger charge is 2.45. The zero-order chi connectivity index (χ0) is 44.5. The van der Waals surface area contributed by atoms with Gasteiger partial charge in [-0.25, -0.2) is 0 Å². The minimum Gasteiger partial charge on any atom is -0.396 e. The van der Waals surface area contributed by atoms with Gasteiger partial charge < -0.3 is 90.9 Å². The monoisotopic (exact) mass is 870 g/mol. The highest BCUT2D eigenvalue weighted by molar-refractivity contribution is 5.85. The van der Waals surface area contributed by atoms with Crippen LogP contribution in [0.4, 0.5) is 0 Å². The highest BCUT2D eigenvalue weighted by Crippen LogP contribution is 2.23. The fourth-order valence-corrected chi connectivity index (χ4v) is 6.54. The van der Waals surface area contributed by atoms with Crippen molar-refractivity contribution in [3.63, 3.8) is 0 Å². The van der Waals surface area contributed by atoms with E-state index in [1.807, 2.05) is 0 Å². The van der Waals surface area contributed by atoms with E-state index >= 15 is 0 Å². The van der Waals surface area contributed by atoms with E-state index in [0.29, 0.717) is 58.2 Å². The minimum atomic E-state index is -1.57. The first kappa shape index (κ1) is 53.5. The third-order valence-corrected chi connectivity index (χ3v) is 10.2. The van der Waals surface area contributed by atoms with Crippen molar-refractivity contribution in [2.24, 2.45) is 5.92 Å². The molecule has 0 aromatic carbocycles. The van der Waals surface area contributed by atoms with Crippen molar-refractivity contribution in [2.45, 2.75) is 145 Å². The number of rotatable bonds is 31. The van der Waals surface area contributed by atoms with Crippen molar-refractivity contribution in [3.05, 3.63) is 0 Å². The number of amides is 4. The van der Waals surface area contributed by atoms with Crippen molar-refractivity contribution >= 4 is 23.6 Å². The summed E-state index contributed by atoms with van der Waals surface area (Å²) in [6.07, 6.45) is -9.14. The molecule has 2 aliphatic rings. The van der Waals surface area contributed by atoms with Crippen LogP contribution in [0.1, 0.15) is 77.0 Å². The summed E-state index contributed by atoms with van der Waals surface area (Å²) >= 11 is 0. The Kier molecular flexibility index (Phi) is 27.1. The molecule has 0 spiro atoms. The zero-order valence-corrected chi connectivity index (χ0v) is 34.5. The molecule has 0 saturated carbocycles. The molecule has 22 heteroatoms. The first-order valence-corrected chi connectivity index (χ1v) is 20.8. The Bertz CT molecular complexity index is 1220. The molecule has 2 fully saturated rings. The van der Waals surface area contributed by atoms with E-state index < -0.39 is 92.5 Å². The molecule has 0 radical (unpaired) electrons. The minimum absolute atomic E-state index is 0.00194. The predicted molar refractivity (Wildman–Crippen MR) is 208 cm³/mol. The SMILES string of the molecule is COCC(CO)CCCCNC(=O)C[C@H](CCC(=O)NCCCCCO[C@@H]1OC(CO)[C@@H](O)[C@H](O)C1O)NC(=O)CNC(=O)CCCCO[C@@H]1OC(CO)[C@@H](O)[C@H](O)C1O. The number of unbranched alkanes of at least 4 members (excludes halogenated alkanes) is 4. The lowest BCUT2D eigenvalue weighted by molar-refractivity contribution is -0.301. The molecule has 2 rings (SSSR count). The van der Waals surface area contributed by atoms with Gasteiger partial charge in [0.15, 0.2) is 12.6 Å². The summed E-state index contributed by atoms with van der Waals surface area (Å²) < 4.78 is 26.6. The Labute approximate surface area is 350 Å². The Balaban J connectivity index is 1.74. The number of methoxy groups -OCH3 is 1. The van der Waals surface area contributed by atoms with Gasteiger partial charge in [-0.05, 0) is 51.4 Å². The highest BCUT2D eigenvalue weighted by atomic mass is 16.7. The second-order valence-electron chi connectivity index (χ2n) is 15.1. The molecular formula is C38H70N4O18. The first-order valence-electron chi connectivity index (χ1n) is 20.8. The number of nitrogens with one attached hydrogen (secondary N) is 4. The van der Waals surface area contributed by atoms with Crippen LogP contribution in [0.5, 0.6) is 0 Å². The van der Waals surface area contributed by atoms with Gasteiger partial charge in [-0.1, -0.05) is 6.42 Å². The lowest BCUT2D eigenvalue weighted by Crippen LogP contribution is -2.59. The van der Waals surface area contributed by atoms with Crippen molar-refractivity contribution < 1.29 is 88.8 Å². The van der Waals surface area contributed by atoms with Crippen molar-refractivity contribution in [3.8, 4) is 0 Å². The number of carbonyl (C=O) groups is 4. The van der Waals surface area contributed by atoms with E-state index in [4.69, 9.17) is 23.7 Å². The third-order valence-electron chi connectivity index (χ3n) is 10.2. The van der Waals surface area contributed by atoms with Crippen LogP contribution in [0.2, 0.25) is 0 Å². The molecule has 0 aromatic rings. The first-order chi connectivity index (χ1) is 28.8. The molecule has 12 atom stereocenters. The van der Waals surface area contributed by atoms with Crippen molar-refractivity contribution in [1.29, 1.82) is 0 Å². The number of hydrogen-bond acceptors (Lipinski definition) is 18.